The summed E-state index contributed by atoms with van der Waals surface area (Å²) in [5.74, 6) is -0.105. The van der Waals surface area contributed by atoms with Crippen molar-refractivity contribution in [2.75, 3.05) is 5.32 Å². The Labute approximate surface area is 124 Å². The Morgan fingerprint density at radius 3 is 2.89 bits per heavy atom. The van der Waals surface area contributed by atoms with Crippen molar-refractivity contribution in [1.82, 2.24) is 4.98 Å². The van der Waals surface area contributed by atoms with E-state index in [4.69, 9.17) is 11.6 Å². The second-order valence-corrected chi connectivity index (χ2v) is 5.36. The van der Waals surface area contributed by atoms with Crippen molar-refractivity contribution >= 4 is 45.8 Å². The van der Waals surface area contributed by atoms with E-state index in [1.54, 1.807) is 24.5 Å². The molecule has 2 rings (SSSR count). The number of halogens is 2. The number of carbonyl (C=O) groups is 1. The molecule has 0 radical (unpaired) electrons. The maximum Gasteiger partial charge on any atom is 0.228 e. The minimum absolute atomic E-state index is 0.105. The summed E-state index contributed by atoms with van der Waals surface area (Å²) in [6, 6.07) is 9.17. The molecular formula is C13H10ClIN2O. The summed E-state index contributed by atoms with van der Waals surface area (Å²) in [5, 5.41) is 3.33. The van der Waals surface area contributed by atoms with Gasteiger partial charge in [-0.2, -0.15) is 0 Å². The van der Waals surface area contributed by atoms with Crippen LogP contribution in [0.5, 0.6) is 0 Å². The summed E-state index contributed by atoms with van der Waals surface area (Å²) in [4.78, 5) is 15.8. The summed E-state index contributed by atoms with van der Waals surface area (Å²) in [6.45, 7) is 0. The molecule has 0 saturated carbocycles. The van der Waals surface area contributed by atoms with E-state index in [1.807, 2.05) is 18.2 Å². The van der Waals surface area contributed by atoms with Crippen LogP contribution in [0.4, 0.5) is 5.69 Å². The third-order valence-corrected chi connectivity index (χ3v) is 3.28. The maximum atomic E-state index is 11.8. The lowest BCUT2D eigenvalue weighted by Crippen LogP contribution is -2.14. The third kappa shape index (κ3) is 3.68. The van der Waals surface area contributed by atoms with Crippen LogP contribution in [0.1, 0.15) is 5.56 Å². The Morgan fingerprint density at radius 2 is 2.22 bits per heavy atom. The predicted molar refractivity (Wildman–Crippen MR) is 80.7 cm³/mol. The number of carbonyl (C=O) groups excluding carboxylic acids is 1. The van der Waals surface area contributed by atoms with Crippen LogP contribution in [0, 0.1) is 3.57 Å². The highest BCUT2D eigenvalue weighted by Gasteiger charge is 2.07. The highest BCUT2D eigenvalue weighted by molar-refractivity contribution is 14.1. The van der Waals surface area contributed by atoms with E-state index in [-0.39, 0.29) is 12.3 Å². The van der Waals surface area contributed by atoms with Crippen LogP contribution in [0.25, 0.3) is 0 Å². The lowest BCUT2D eigenvalue weighted by molar-refractivity contribution is -0.115. The molecule has 2 aromatic rings. The van der Waals surface area contributed by atoms with Gasteiger partial charge >= 0.3 is 0 Å². The number of rotatable bonds is 3. The number of nitrogens with one attached hydrogen (secondary N) is 1. The largest absolute Gasteiger partial charge is 0.324 e. The molecule has 0 unspecified atom stereocenters. The quantitative estimate of drug-likeness (QED) is 0.838. The van der Waals surface area contributed by atoms with Gasteiger partial charge in [-0.15, -0.1) is 0 Å². The van der Waals surface area contributed by atoms with E-state index in [2.05, 4.69) is 32.9 Å². The van der Waals surface area contributed by atoms with Gasteiger partial charge < -0.3 is 5.32 Å². The molecule has 18 heavy (non-hydrogen) atoms. The topological polar surface area (TPSA) is 42.0 Å². The third-order valence-electron chi connectivity index (χ3n) is 2.29. The zero-order valence-electron chi connectivity index (χ0n) is 9.36. The maximum absolute atomic E-state index is 11.8. The Kier molecular flexibility index (Phi) is 4.54. The Balaban J connectivity index is 2.03. The van der Waals surface area contributed by atoms with Gasteiger partial charge in [0.05, 0.1) is 17.1 Å². The van der Waals surface area contributed by atoms with Gasteiger partial charge in [0.1, 0.15) is 0 Å². The van der Waals surface area contributed by atoms with Crippen molar-refractivity contribution in [1.29, 1.82) is 0 Å². The van der Waals surface area contributed by atoms with Gasteiger partial charge in [-0.25, -0.2) is 0 Å². The standard InChI is InChI=1S/C13H10ClIN2O/c14-11-7-10(15)3-4-12(11)17-13(18)6-9-2-1-5-16-8-9/h1-5,7-8H,6H2,(H,17,18). The number of pyridine rings is 1. The molecular weight excluding hydrogens is 363 g/mol. The highest BCUT2D eigenvalue weighted by Crippen LogP contribution is 2.23. The van der Waals surface area contributed by atoms with Gasteiger partial charge in [0, 0.05) is 16.0 Å². The normalized spacial score (nSPS) is 10.1. The Bertz CT molecular complexity index is 560. The minimum Gasteiger partial charge on any atom is -0.324 e. The molecule has 0 bridgehead atoms. The van der Waals surface area contributed by atoms with Crippen LogP contribution in [0.15, 0.2) is 42.7 Å². The van der Waals surface area contributed by atoms with Gasteiger partial charge in [-0.1, -0.05) is 17.7 Å². The molecule has 1 N–H and O–H groups in total. The van der Waals surface area contributed by atoms with E-state index in [1.165, 1.54) is 0 Å². The van der Waals surface area contributed by atoms with Crippen molar-refractivity contribution in [3.05, 3.63) is 56.9 Å². The van der Waals surface area contributed by atoms with Crippen LogP contribution in [0.2, 0.25) is 5.02 Å². The first kappa shape index (κ1) is 13.3. The number of hydrogen-bond donors (Lipinski definition) is 1. The van der Waals surface area contributed by atoms with E-state index in [9.17, 15) is 4.79 Å². The van der Waals surface area contributed by atoms with E-state index in [0.717, 1.165) is 9.13 Å². The molecule has 1 aromatic heterocycles. The van der Waals surface area contributed by atoms with Crippen molar-refractivity contribution in [2.24, 2.45) is 0 Å². The minimum atomic E-state index is -0.105. The molecule has 0 saturated heterocycles. The summed E-state index contributed by atoms with van der Waals surface area (Å²) < 4.78 is 1.03. The molecule has 0 atom stereocenters. The monoisotopic (exact) mass is 372 g/mol. The fourth-order valence-corrected chi connectivity index (χ4v) is 2.38. The van der Waals surface area contributed by atoms with Crippen LogP contribution in [0.3, 0.4) is 0 Å². The first-order chi connectivity index (χ1) is 8.65. The summed E-state index contributed by atoms with van der Waals surface area (Å²) in [5.41, 5.74) is 1.50. The van der Waals surface area contributed by atoms with E-state index in [0.29, 0.717) is 10.7 Å². The number of hydrogen-bond acceptors (Lipinski definition) is 2. The number of nitrogens with zero attached hydrogens (tertiary/aromatic N) is 1. The van der Waals surface area contributed by atoms with Crippen LogP contribution < -0.4 is 5.32 Å². The van der Waals surface area contributed by atoms with Gasteiger partial charge in [0.2, 0.25) is 5.91 Å². The molecule has 1 amide bonds. The van der Waals surface area contributed by atoms with Crippen molar-refractivity contribution in [2.45, 2.75) is 6.42 Å². The Morgan fingerprint density at radius 1 is 1.39 bits per heavy atom. The summed E-state index contributed by atoms with van der Waals surface area (Å²) >= 11 is 8.21. The lowest BCUT2D eigenvalue weighted by Gasteiger charge is -2.07. The first-order valence-electron chi connectivity index (χ1n) is 5.29. The van der Waals surface area contributed by atoms with E-state index < -0.39 is 0 Å². The molecule has 0 aliphatic carbocycles. The van der Waals surface area contributed by atoms with Crippen molar-refractivity contribution in [3.8, 4) is 0 Å². The number of anilines is 1. The zero-order chi connectivity index (χ0) is 13.0. The SMILES string of the molecule is O=C(Cc1cccnc1)Nc1ccc(I)cc1Cl. The number of benzene rings is 1. The molecule has 1 aromatic carbocycles. The zero-order valence-corrected chi connectivity index (χ0v) is 12.3. The molecule has 3 nitrogen and oxygen atoms in total. The lowest BCUT2D eigenvalue weighted by atomic mass is 10.2. The predicted octanol–water partition coefficient (Wildman–Crippen LogP) is 3.52. The van der Waals surface area contributed by atoms with Crippen LogP contribution >= 0.6 is 34.2 Å². The number of amides is 1. The molecule has 0 spiro atoms. The fourth-order valence-electron chi connectivity index (χ4n) is 1.47. The van der Waals surface area contributed by atoms with Gasteiger partial charge in [0.25, 0.3) is 0 Å². The summed E-state index contributed by atoms with van der Waals surface area (Å²) in [7, 11) is 0. The molecule has 5 heteroatoms. The molecule has 0 aliphatic rings. The average Bonchev–Trinajstić information content (AvgIpc) is 2.34. The van der Waals surface area contributed by atoms with Crippen LogP contribution in [-0.4, -0.2) is 10.9 Å². The van der Waals surface area contributed by atoms with Gasteiger partial charge in [-0.3, -0.25) is 9.78 Å². The molecule has 92 valence electrons. The highest BCUT2D eigenvalue weighted by atomic mass is 127. The molecule has 0 aliphatic heterocycles. The average molecular weight is 373 g/mol. The second-order valence-electron chi connectivity index (χ2n) is 3.71. The second kappa shape index (κ2) is 6.15. The molecule has 0 fully saturated rings. The molecule has 1 heterocycles. The van der Waals surface area contributed by atoms with Gasteiger partial charge in [-0.05, 0) is 52.4 Å². The Hall–Kier alpha value is -1.14. The fraction of sp³-hybridized carbons (Fsp3) is 0.0769. The van der Waals surface area contributed by atoms with Crippen molar-refractivity contribution < 1.29 is 4.79 Å². The van der Waals surface area contributed by atoms with Crippen molar-refractivity contribution in [3.63, 3.8) is 0 Å². The summed E-state index contributed by atoms with van der Waals surface area (Å²) in [6.07, 6.45) is 3.64. The van der Waals surface area contributed by atoms with E-state index >= 15 is 0 Å². The smallest absolute Gasteiger partial charge is 0.228 e. The first-order valence-corrected chi connectivity index (χ1v) is 6.74. The van der Waals surface area contributed by atoms with Gasteiger partial charge in [0.15, 0.2) is 0 Å². The number of aromatic nitrogens is 1. The van der Waals surface area contributed by atoms with Crippen LogP contribution in [-0.2, 0) is 11.2 Å².